The predicted molar refractivity (Wildman–Crippen MR) is 92.1 cm³/mol. The number of aryl methyl sites for hydroxylation is 1. The lowest BCUT2D eigenvalue weighted by Crippen LogP contribution is -2.27. The zero-order valence-electron chi connectivity index (χ0n) is 14.7. The van der Waals surface area contributed by atoms with Crippen molar-refractivity contribution in [2.45, 2.75) is 26.3 Å². The molecule has 126 valence electrons. The first-order chi connectivity index (χ1) is 11.0. The molecular weight excluding hydrogens is 290 g/mol. The fraction of sp³-hybridized carbons (Fsp3) is 0.500. The van der Waals surface area contributed by atoms with E-state index < -0.39 is 0 Å². The second kappa shape index (κ2) is 8.02. The number of rotatable bonds is 8. The van der Waals surface area contributed by atoms with Gasteiger partial charge in [-0.05, 0) is 36.6 Å². The van der Waals surface area contributed by atoms with Gasteiger partial charge in [-0.15, -0.1) is 0 Å². The number of ether oxygens (including phenoxy) is 2. The molecule has 1 unspecified atom stereocenters. The lowest BCUT2D eigenvalue weighted by molar-refractivity contribution is 0.391. The summed E-state index contributed by atoms with van der Waals surface area (Å²) in [6.07, 6.45) is 4.90. The zero-order valence-corrected chi connectivity index (χ0v) is 14.7. The van der Waals surface area contributed by atoms with Crippen LogP contribution in [0.25, 0.3) is 0 Å². The minimum absolute atomic E-state index is 0.00208. The Hall–Kier alpha value is -2.01. The minimum atomic E-state index is -0.00208. The van der Waals surface area contributed by atoms with Crippen LogP contribution in [0, 0.1) is 5.92 Å². The maximum atomic E-state index is 5.40. The lowest BCUT2D eigenvalue weighted by Gasteiger charge is -2.21. The highest BCUT2D eigenvalue weighted by Crippen LogP contribution is 2.29. The maximum absolute atomic E-state index is 5.40. The fourth-order valence-corrected chi connectivity index (χ4v) is 2.53. The molecule has 0 saturated heterocycles. The summed E-state index contributed by atoms with van der Waals surface area (Å²) < 4.78 is 12.8. The van der Waals surface area contributed by atoms with E-state index in [0.29, 0.717) is 5.92 Å². The van der Waals surface area contributed by atoms with Gasteiger partial charge < -0.3 is 19.4 Å². The molecular formula is C18H27N3O2. The molecule has 0 aliphatic heterocycles. The van der Waals surface area contributed by atoms with E-state index in [2.05, 4.69) is 24.1 Å². The van der Waals surface area contributed by atoms with Gasteiger partial charge in [0.2, 0.25) is 0 Å². The largest absolute Gasteiger partial charge is 0.497 e. The van der Waals surface area contributed by atoms with E-state index in [0.717, 1.165) is 35.9 Å². The predicted octanol–water partition coefficient (Wildman–Crippen LogP) is 3.16. The van der Waals surface area contributed by atoms with E-state index in [9.17, 15) is 0 Å². The van der Waals surface area contributed by atoms with Gasteiger partial charge in [-0.25, -0.2) is 4.98 Å². The summed E-state index contributed by atoms with van der Waals surface area (Å²) in [4.78, 5) is 4.52. The normalized spacial score (nSPS) is 12.4. The number of hydrogen-bond donors (Lipinski definition) is 1. The van der Waals surface area contributed by atoms with Crippen LogP contribution < -0.4 is 14.8 Å². The van der Waals surface area contributed by atoms with Crippen LogP contribution in [0.2, 0.25) is 0 Å². The van der Waals surface area contributed by atoms with E-state index >= 15 is 0 Å². The van der Waals surface area contributed by atoms with Crippen molar-refractivity contribution in [1.29, 1.82) is 0 Å². The van der Waals surface area contributed by atoms with Crippen molar-refractivity contribution in [3.8, 4) is 11.5 Å². The standard InChI is InChI=1S/C18H27N3O2/c1-13(2)6-7-19-17(18-20-8-9-21(18)3)14-10-15(22-4)12-16(11-14)23-5/h8-13,17,19H,6-7H2,1-5H3. The lowest BCUT2D eigenvalue weighted by atomic mass is 10.0. The molecule has 1 aromatic heterocycles. The van der Waals surface area contributed by atoms with Crippen molar-refractivity contribution in [3.63, 3.8) is 0 Å². The first-order valence-corrected chi connectivity index (χ1v) is 7.98. The molecule has 0 fully saturated rings. The van der Waals surface area contributed by atoms with Gasteiger partial charge >= 0.3 is 0 Å². The molecule has 2 rings (SSSR count). The Morgan fingerprint density at radius 3 is 2.26 bits per heavy atom. The van der Waals surface area contributed by atoms with Crippen molar-refractivity contribution in [2.24, 2.45) is 13.0 Å². The van der Waals surface area contributed by atoms with Gasteiger partial charge in [0.25, 0.3) is 0 Å². The Morgan fingerprint density at radius 2 is 1.78 bits per heavy atom. The van der Waals surface area contributed by atoms with Gasteiger partial charge in [-0.2, -0.15) is 0 Å². The van der Waals surface area contributed by atoms with Crippen LogP contribution >= 0.6 is 0 Å². The van der Waals surface area contributed by atoms with E-state index in [-0.39, 0.29) is 6.04 Å². The number of imidazole rings is 1. The van der Waals surface area contributed by atoms with Gasteiger partial charge in [0.1, 0.15) is 17.3 Å². The Labute approximate surface area is 138 Å². The van der Waals surface area contributed by atoms with Gasteiger partial charge in [0.15, 0.2) is 0 Å². The van der Waals surface area contributed by atoms with Crippen LogP contribution in [0.5, 0.6) is 11.5 Å². The molecule has 0 aliphatic rings. The summed E-state index contributed by atoms with van der Waals surface area (Å²) in [5, 5.41) is 3.62. The Balaban J connectivity index is 2.34. The first-order valence-electron chi connectivity index (χ1n) is 7.98. The van der Waals surface area contributed by atoms with Crippen molar-refractivity contribution >= 4 is 0 Å². The second-order valence-electron chi connectivity index (χ2n) is 6.11. The molecule has 23 heavy (non-hydrogen) atoms. The summed E-state index contributed by atoms with van der Waals surface area (Å²) in [5.41, 5.74) is 1.08. The van der Waals surface area contributed by atoms with Gasteiger partial charge in [-0.3, -0.25) is 0 Å². The van der Waals surface area contributed by atoms with Crippen LogP contribution in [-0.2, 0) is 7.05 Å². The van der Waals surface area contributed by atoms with E-state index in [4.69, 9.17) is 9.47 Å². The van der Waals surface area contributed by atoms with E-state index in [1.54, 1.807) is 14.2 Å². The molecule has 1 atom stereocenters. The molecule has 0 bridgehead atoms. The smallest absolute Gasteiger partial charge is 0.130 e. The number of aromatic nitrogens is 2. The highest BCUT2D eigenvalue weighted by atomic mass is 16.5. The number of hydrogen-bond acceptors (Lipinski definition) is 4. The van der Waals surface area contributed by atoms with Crippen LogP contribution in [0.15, 0.2) is 30.6 Å². The topological polar surface area (TPSA) is 48.3 Å². The Kier molecular flexibility index (Phi) is 6.04. The SMILES string of the molecule is COc1cc(OC)cc(C(NCCC(C)C)c2nccn2C)c1. The van der Waals surface area contributed by atoms with Gasteiger partial charge in [0.05, 0.1) is 20.3 Å². The highest BCUT2D eigenvalue weighted by Gasteiger charge is 2.19. The number of methoxy groups -OCH3 is 2. The molecule has 0 spiro atoms. The molecule has 5 nitrogen and oxygen atoms in total. The maximum Gasteiger partial charge on any atom is 0.130 e. The van der Waals surface area contributed by atoms with Crippen molar-refractivity contribution in [1.82, 2.24) is 14.9 Å². The van der Waals surface area contributed by atoms with Crippen molar-refractivity contribution in [2.75, 3.05) is 20.8 Å². The highest BCUT2D eigenvalue weighted by molar-refractivity contribution is 5.41. The molecule has 2 aromatic rings. The summed E-state index contributed by atoms with van der Waals surface area (Å²) in [7, 11) is 5.35. The quantitative estimate of drug-likeness (QED) is 0.812. The van der Waals surface area contributed by atoms with Crippen LogP contribution in [0.3, 0.4) is 0 Å². The second-order valence-corrected chi connectivity index (χ2v) is 6.11. The average Bonchev–Trinajstić information content (AvgIpc) is 2.96. The third-order valence-corrected chi connectivity index (χ3v) is 3.89. The van der Waals surface area contributed by atoms with Crippen LogP contribution in [-0.4, -0.2) is 30.3 Å². The number of nitrogens with one attached hydrogen (secondary N) is 1. The monoisotopic (exact) mass is 317 g/mol. The molecule has 0 radical (unpaired) electrons. The van der Waals surface area contributed by atoms with Crippen molar-refractivity contribution in [3.05, 3.63) is 42.0 Å². The first kappa shape index (κ1) is 17.3. The molecule has 0 saturated carbocycles. The summed E-state index contributed by atoms with van der Waals surface area (Å²) in [6, 6.07) is 5.94. The van der Waals surface area contributed by atoms with Crippen LogP contribution in [0.1, 0.15) is 37.7 Å². The molecule has 0 aliphatic carbocycles. The fourth-order valence-electron chi connectivity index (χ4n) is 2.53. The van der Waals surface area contributed by atoms with E-state index in [1.165, 1.54) is 0 Å². The summed E-state index contributed by atoms with van der Waals surface area (Å²) in [6.45, 7) is 5.38. The third kappa shape index (κ3) is 4.48. The van der Waals surface area contributed by atoms with Gasteiger partial charge in [-0.1, -0.05) is 13.8 Å². The minimum Gasteiger partial charge on any atom is -0.497 e. The average molecular weight is 317 g/mol. The summed E-state index contributed by atoms with van der Waals surface area (Å²) >= 11 is 0. The molecule has 5 heteroatoms. The third-order valence-electron chi connectivity index (χ3n) is 3.89. The van der Waals surface area contributed by atoms with Crippen molar-refractivity contribution < 1.29 is 9.47 Å². The van der Waals surface area contributed by atoms with Gasteiger partial charge in [0, 0.05) is 25.5 Å². The molecule has 1 N–H and O–H groups in total. The molecule has 0 amide bonds. The Bertz CT molecular complexity index is 600. The Morgan fingerprint density at radius 1 is 1.13 bits per heavy atom. The number of benzene rings is 1. The zero-order chi connectivity index (χ0) is 16.8. The van der Waals surface area contributed by atoms with Crippen LogP contribution in [0.4, 0.5) is 0 Å². The number of nitrogens with zero attached hydrogens (tertiary/aromatic N) is 2. The summed E-state index contributed by atoms with van der Waals surface area (Å²) in [5.74, 6) is 3.20. The molecule has 1 heterocycles. The van der Waals surface area contributed by atoms with E-state index in [1.807, 2.05) is 42.2 Å². The molecule has 1 aromatic carbocycles.